The van der Waals surface area contributed by atoms with Crippen LogP contribution in [-0.2, 0) is 38.7 Å². The summed E-state index contributed by atoms with van der Waals surface area (Å²) < 4.78 is 11.3. The van der Waals surface area contributed by atoms with Crippen molar-refractivity contribution in [1.82, 2.24) is 0 Å². The molecule has 0 aliphatic heterocycles. The Kier molecular flexibility index (Phi) is 20.2. The van der Waals surface area contributed by atoms with Gasteiger partial charge < -0.3 is 19.7 Å². The second-order valence-electron chi connectivity index (χ2n) is 18.4. The van der Waals surface area contributed by atoms with E-state index in [1.165, 1.54) is 11.1 Å². The Morgan fingerprint density at radius 1 is 0.542 bits per heavy atom. The fraction of sp³-hybridized carbons (Fsp3) is 0.400. The van der Waals surface area contributed by atoms with Gasteiger partial charge in [-0.2, -0.15) is 0 Å². The Labute approximate surface area is 372 Å². The topological polar surface area (TPSA) is 83.6 Å². The monoisotopic (exact) mass is 876 g/mol. The number of halogens is 2. The fourth-order valence-electron chi connectivity index (χ4n) is 5.59. The van der Waals surface area contributed by atoms with Crippen molar-refractivity contribution < 1.29 is 36.7 Å². The average molecular weight is 878 g/mol. The van der Waals surface area contributed by atoms with Crippen molar-refractivity contribution in [1.29, 1.82) is 0 Å². The van der Waals surface area contributed by atoms with Gasteiger partial charge in [0.1, 0.15) is 23.0 Å². The quantitative estimate of drug-likeness (QED) is 0.0643. The molecule has 0 aromatic heterocycles. The molecule has 9 heteroatoms. The molecule has 2 N–H and O–H groups in total. The SMILES string of the molecule is C=CCCOc1ccc(N=Cc2cc(C(C)(C)C)cc(C(C)(C)C)c2O)cc1.C=CCCOc1ccc(N=Cc2cc(C(C)(C)C)cc(C(C)(C)C)c2O)cc1.[Cl][Ti][Cl]. The summed E-state index contributed by atoms with van der Waals surface area (Å²) in [5.74, 6) is 2.23. The molecule has 0 spiro atoms. The summed E-state index contributed by atoms with van der Waals surface area (Å²) >= 11 is -0.556. The van der Waals surface area contributed by atoms with E-state index in [0.717, 1.165) is 58.0 Å². The van der Waals surface area contributed by atoms with Crippen molar-refractivity contribution >= 4 is 42.4 Å². The van der Waals surface area contributed by atoms with Gasteiger partial charge in [0.05, 0.1) is 24.6 Å². The van der Waals surface area contributed by atoms with E-state index in [4.69, 9.17) is 28.1 Å². The molecule has 59 heavy (non-hydrogen) atoms. The number of ether oxygens (including phenoxy) is 2. The van der Waals surface area contributed by atoms with E-state index in [-0.39, 0.29) is 21.7 Å². The zero-order valence-electron chi connectivity index (χ0n) is 37.3. The van der Waals surface area contributed by atoms with Gasteiger partial charge in [-0.05, 0) is 106 Å². The van der Waals surface area contributed by atoms with Crippen LogP contribution in [0.15, 0.2) is 108 Å². The molecule has 318 valence electrons. The van der Waals surface area contributed by atoms with Gasteiger partial charge in [0.15, 0.2) is 0 Å². The van der Waals surface area contributed by atoms with Gasteiger partial charge in [-0.15, -0.1) is 13.2 Å². The molecule has 0 saturated carbocycles. The molecule has 4 aromatic rings. The Morgan fingerprint density at radius 3 is 1.10 bits per heavy atom. The van der Waals surface area contributed by atoms with Crippen LogP contribution in [0.1, 0.15) is 129 Å². The molecule has 0 aliphatic carbocycles. The number of phenolic OH excluding ortho intramolecular Hbond substituents is 2. The van der Waals surface area contributed by atoms with Crippen LogP contribution in [0.4, 0.5) is 11.4 Å². The molecule has 0 unspecified atom stereocenters. The number of nitrogens with zero attached hydrogens (tertiary/aromatic N) is 2. The summed E-state index contributed by atoms with van der Waals surface area (Å²) in [6, 6.07) is 23.5. The normalized spacial score (nSPS) is 12.0. The van der Waals surface area contributed by atoms with Gasteiger partial charge in [-0.3, -0.25) is 9.98 Å². The third-order valence-corrected chi connectivity index (χ3v) is 9.19. The van der Waals surface area contributed by atoms with E-state index < -0.39 is 17.0 Å². The Balaban J connectivity index is 0.000000381. The molecule has 4 aromatic carbocycles. The van der Waals surface area contributed by atoms with Crippen LogP contribution in [0.3, 0.4) is 0 Å². The molecule has 0 saturated heterocycles. The van der Waals surface area contributed by atoms with Gasteiger partial charge in [-0.25, -0.2) is 0 Å². The van der Waals surface area contributed by atoms with Crippen LogP contribution in [-0.4, -0.2) is 35.9 Å². The summed E-state index contributed by atoms with van der Waals surface area (Å²) in [5, 5.41) is 21.7. The average Bonchev–Trinajstić information content (AvgIpc) is 3.14. The van der Waals surface area contributed by atoms with Crippen molar-refractivity contribution in [2.24, 2.45) is 9.98 Å². The first-order valence-corrected chi connectivity index (χ1v) is 24.2. The predicted molar refractivity (Wildman–Crippen MR) is 251 cm³/mol. The Morgan fingerprint density at radius 2 is 0.847 bits per heavy atom. The second-order valence-corrected chi connectivity index (χ2v) is 20.9. The van der Waals surface area contributed by atoms with Crippen molar-refractivity contribution in [3.8, 4) is 23.0 Å². The van der Waals surface area contributed by atoms with Crippen molar-refractivity contribution in [3.05, 3.63) is 131 Å². The molecule has 4 rings (SSSR count). The van der Waals surface area contributed by atoms with Crippen LogP contribution in [0.5, 0.6) is 23.0 Å². The Bertz CT molecular complexity index is 1850. The third-order valence-electron chi connectivity index (χ3n) is 9.19. The van der Waals surface area contributed by atoms with E-state index in [1.807, 2.05) is 72.8 Å². The second kappa shape index (κ2) is 23.3. The van der Waals surface area contributed by atoms with Crippen LogP contribution >= 0.6 is 18.6 Å². The molecule has 0 radical (unpaired) electrons. The molecule has 0 bridgehead atoms. The zero-order chi connectivity index (χ0) is 44.6. The van der Waals surface area contributed by atoms with Crippen LogP contribution in [0.25, 0.3) is 0 Å². The summed E-state index contributed by atoms with van der Waals surface area (Å²) in [6.45, 7) is 34.4. The van der Waals surface area contributed by atoms with Crippen LogP contribution in [0, 0.1) is 0 Å². The number of hydrogen-bond donors (Lipinski definition) is 2. The zero-order valence-corrected chi connectivity index (χ0v) is 40.4. The fourth-order valence-corrected chi connectivity index (χ4v) is 5.59. The van der Waals surface area contributed by atoms with Crippen molar-refractivity contribution in [3.63, 3.8) is 0 Å². The van der Waals surface area contributed by atoms with E-state index in [1.54, 1.807) is 12.4 Å². The molecule has 0 aliphatic rings. The maximum atomic E-state index is 10.8. The molecular formula is C50H66Cl2N2O4Ti. The van der Waals surface area contributed by atoms with E-state index >= 15 is 0 Å². The Hall–Kier alpha value is -3.81. The minimum atomic E-state index is -0.556. The number of phenols is 2. The molecule has 0 heterocycles. The van der Waals surface area contributed by atoms with Gasteiger partial charge in [0, 0.05) is 34.7 Å². The number of rotatable bonds is 12. The van der Waals surface area contributed by atoms with Crippen molar-refractivity contribution in [2.75, 3.05) is 13.2 Å². The molecule has 0 atom stereocenters. The number of benzene rings is 4. The third kappa shape index (κ3) is 17.4. The standard InChI is InChI=1S/2C25H33NO2.2ClH.Ti/c2*1-8-9-14-28-21-12-10-20(11-13-21)26-17-18-15-19(24(2,3)4)16-22(23(18)27)25(5,6)7;;;/h2*8,10-13,15-17,27H,1,9,14H2,2-7H3;2*1H;/q;;;;+2/p-2. The van der Waals surface area contributed by atoms with Gasteiger partial charge in [0.2, 0.25) is 0 Å². The maximum absolute atomic E-state index is 10.8. The first-order valence-electron chi connectivity index (χ1n) is 19.9. The number of aliphatic imine (C=N–C) groups is 2. The first kappa shape index (κ1) is 51.3. The van der Waals surface area contributed by atoms with Crippen LogP contribution in [0.2, 0.25) is 0 Å². The summed E-state index contributed by atoms with van der Waals surface area (Å²) in [5.41, 5.74) is 7.01. The molecule has 0 fully saturated rings. The van der Waals surface area contributed by atoms with E-state index in [0.29, 0.717) is 24.7 Å². The van der Waals surface area contributed by atoms with E-state index in [2.05, 4.69) is 118 Å². The predicted octanol–water partition coefficient (Wildman–Crippen LogP) is 14.8. The summed E-state index contributed by atoms with van der Waals surface area (Å²) in [7, 11) is 9.78. The van der Waals surface area contributed by atoms with Gasteiger partial charge in [-0.1, -0.05) is 107 Å². The molecular weight excluding hydrogens is 811 g/mol. The first-order chi connectivity index (χ1) is 27.5. The van der Waals surface area contributed by atoms with Crippen LogP contribution < -0.4 is 9.47 Å². The van der Waals surface area contributed by atoms with Gasteiger partial charge in [0.25, 0.3) is 0 Å². The van der Waals surface area contributed by atoms with Crippen molar-refractivity contribution in [2.45, 2.75) is 118 Å². The summed E-state index contributed by atoms with van der Waals surface area (Å²) in [6.07, 6.45) is 8.80. The number of hydrogen-bond acceptors (Lipinski definition) is 6. The molecule has 6 nitrogen and oxygen atoms in total. The minimum absolute atomic E-state index is 0.0132. The van der Waals surface area contributed by atoms with Gasteiger partial charge >= 0.3 is 35.6 Å². The summed E-state index contributed by atoms with van der Waals surface area (Å²) in [4.78, 5) is 9.13. The molecule has 0 amide bonds. The number of aromatic hydroxyl groups is 2. The van der Waals surface area contributed by atoms with E-state index in [9.17, 15) is 10.2 Å².